The monoisotopic (exact) mass is 217 g/mol. The Kier molecular flexibility index (Phi) is 5.59. The molecule has 0 spiro atoms. The van der Waals surface area contributed by atoms with Crippen molar-refractivity contribution < 1.29 is 0 Å². The number of nitrogens with zero attached hydrogens (tertiary/aromatic N) is 1. The van der Waals surface area contributed by atoms with Gasteiger partial charge in [-0.15, -0.1) is 0 Å². The lowest BCUT2D eigenvalue weighted by Crippen LogP contribution is -2.15. The zero-order valence-electron chi connectivity index (χ0n) is 11.2. The topological polar surface area (TPSA) is 3.24 Å². The summed E-state index contributed by atoms with van der Waals surface area (Å²) >= 11 is 0. The smallest absolute Gasteiger partial charge is 0.0437 e. The molecule has 0 N–H and O–H groups in total. The Morgan fingerprint density at radius 2 is 1.44 bits per heavy atom. The standard InChI is InChI=1S/C15H23N/c1-11(2)9-10-15(14(7)12(3)4)16(8)13(5)6/h9-10H,1,3,5H2,2,4,6-8H3/b10-9-,15-14-. The molecule has 0 unspecified atom stereocenters. The molecule has 0 aliphatic heterocycles. The first-order valence-corrected chi connectivity index (χ1v) is 5.37. The lowest BCUT2D eigenvalue weighted by molar-refractivity contribution is 0.534. The summed E-state index contributed by atoms with van der Waals surface area (Å²) in [5.41, 5.74) is 5.38. The van der Waals surface area contributed by atoms with Gasteiger partial charge in [-0.2, -0.15) is 0 Å². The number of allylic oxidation sites excluding steroid dienone is 6. The molecule has 0 heterocycles. The predicted molar refractivity (Wildman–Crippen MR) is 74.0 cm³/mol. The van der Waals surface area contributed by atoms with Crippen LogP contribution in [0.2, 0.25) is 0 Å². The highest BCUT2D eigenvalue weighted by atomic mass is 15.1. The van der Waals surface area contributed by atoms with Crippen LogP contribution in [0.15, 0.2) is 60.0 Å². The average molecular weight is 217 g/mol. The van der Waals surface area contributed by atoms with Crippen molar-refractivity contribution in [2.45, 2.75) is 27.7 Å². The minimum Gasteiger partial charge on any atom is -0.349 e. The first kappa shape index (κ1) is 14.5. The van der Waals surface area contributed by atoms with E-state index in [1.807, 2.05) is 33.9 Å². The highest BCUT2D eigenvalue weighted by molar-refractivity contribution is 5.38. The molecule has 0 bridgehead atoms. The molecule has 0 aliphatic carbocycles. The Hall–Kier alpha value is -1.50. The number of hydrogen-bond acceptors (Lipinski definition) is 1. The first-order chi connectivity index (χ1) is 7.27. The Balaban J connectivity index is 5.38. The van der Waals surface area contributed by atoms with Gasteiger partial charge in [0.15, 0.2) is 0 Å². The van der Waals surface area contributed by atoms with Crippen molar-refractivity contribution in [3.63, 3.8) is 0 Å². The molecule has 0 radical (unpaired) electrons. The SMILES string of the molecule is C=C(C)/C=C\C(=C(/C)C(=C)C)N(C)C(=C)C. The normalized spacial score (nSPS) is 12.3. The molecule has 0 aromatic heterocycles. The molecule has 0 fully saturated rings. The van der Waals surface area contributed by atoms with Crippen LogP contribution in [0.1, 0.15) is 27.7 Å². The fraction of sp³-hybridized carbons (Fsp3) is 0.333. The maximum atomic E-state index is 3.97. The van der Waals surface area contributed by atoms with E-state index in [-0.39, 0.29) is 0 Å². The van der Waals surface area contributed by atoms with Crippen molar-refractivity contribution >= 4 is 0 Å². The average Bonchev–Trinajstić information content (AvgIpc) is 2.16. The summed E-state index contributed by atoms with van der Waals surface area (Å²) in [6.45, 7) is 19.8. The molecular weight excluding hydrogens is 194 g/mol. The van der Waals surface area contributed by atoms with Gasteiger partial charge in [-0.05, 0) is 39.3 Å². The van der Waals surface area contributed by atoms with Crippen molar-refractivity contribution in [2.24, 2.45) is 0 Å². The van der Waals surface area contributed by atoms with E-state index in [1.165, 1.54) is 5.57 Å². The molecular formula is C15H23N. The summed E-state index contributed by atoms with van der Waals surface area (Å²) in [7, 11) is 2.01. The van der Waals surface area contributed by atoms with Crippen molar-refractivity contribution in [1.82, 2.24) is 4.90 Å². The molecule has 1 nitrogen and oxygen atoms in total. The zero-order valence-corrected chi connectivity index (χ0v) is 11.2. The third-order valence-electron chi connectivity index (χ3n) is 2.48. The molecule has 0 rings (SSSR count). The third kappa shape index (κ3) is 4.35. The predicted octanol–water partition coefficient (Wildman–Crippen LogP) is 4.43. The Morgan fingerprint density at radius 3 is 1.75 bits per heavy atom. The van der Waals surface area contributed by atoms with Gasteiger partial charge in [0.2, 0.25) is 0 Å². The van der Waals surface area contributed by atoms with Crippen LogP contribution in [-0.4, -0.2) is 11.9 Å². The summed E-state index contributed by atoms with van der Waals surface area (Å²) in [5.74, 6) is 0. The van der Waals surface area contributed by atoms with Gasteiger partial charge in [0.25, 0.3) is 0 Å². The maximum Gasteiger partial charge on any atom is 0.0437 e. The van der Waals surface area contributed by atoms with Crippen molar-refractivity contribution in [3.05, 3.63) is 60.0 Å². The summed E-state index contributed by atoms with van der Waals surface area (Å²) in [5, 5.41) is 0. The van der Waals surface area contributed by atoms with Gasteiger partial charge in [0, 0.05) is 18.4 Å². The van der Waals surface area contributed by atoms with Gasteiger partial charge in [0.05, 0.1) is 0 Å². The van der Waals surface area contributed by atoms with Crippen LogP contribution >= 0.6 is 0 Å². The molecule has 0 atom stereocenters. The lowest BCUT2D eigenvalue weighted by atomic mass is 10.1. The van der Waals surface area contributed by atoms with Gasteiger partial charge in [0.1, 0.15) is 0 Å². The molecule has 0 saturated carbocycles. The molecule has 0 amide bonds. The van der Waals surface area contributed by atoms with E-state index in [1.54, 1.807) is 0 Å². The minimum absolute atomic E-state index is 1.00. The van der Waals surface area contributed by atoms with Crippen LogP contribution in [0.25, 0.3) is 0 Å². The highest BCUT2D eigenvalue weighted by Gasteiger charge is 2.06. The number of likely N-dealkylation sites (N-methyl/N-ethyl adjacent to an activating group) is 1. The molecule has 0 aromatic carbocycles. The fourth-order valence-electron chi connectivity index (χ4n) is 1.13. The zero-order chi connectivity index (χ0) is 12.9. The molecule has 1 heteroatoms. The summed E-state index contributed by atoms with van der Waals surface area (Å²) in [6.07, 6.45) is 4.06. The van der Waals surface area contributed by atoms with Gasteiger partial charge in [-0.25, -0.2) is 0 Å². The summed E-state index contributed by atoms with van der Waals surface area (Å²) in [6, 6.07) is 0. The maximum absolute atomic E-state index is 3.97. The van der Waals surface area contributed by atoms with Crippen molar-refractivity contribution in [1.29, 1.82) is 0 Å². The Morgan fingerprint density at radius 1 is 0.938 bits per heavy atom. The van der Waals surface area contributed by atoms with Crippen LogP contribution in [-0.2, 0) is 0 Å². The van der Waals surface area contributed by atoms with E-state index in [0.29, 0.717) is 0 Å². The Labute approximate surface area is 100 Å². The Bertz CT molecular complexity index is 367. The quantitative estimate of drug-likeness (QED) is 0.616. The second-order valence-electron chi connectivity index (χ2n) is 4.26. The van der Waals surface area contributed by atoms with Crippen LogP contribution in [0, 0.1) is 0 Å². The molecule has 16 heavy (non-hydrogen) atoms. The number of rotatable bonds is 5. The van der Waals surface area contributed by atoms with Gasteiger partial charge in [-0.1, -0.05) is 37.0 Å². The van der Waals surface area contributed by atoms with Crippen molar-refractivity contribution in [3.8, 4) is 0 Å². The van der Waals surface area contributed by atoms with E-state index in [0.717, 1.165) is 22.5 Å². The van der Waals surface area contributed by atoms with Crippen LogP contribution in [0.3, 0.4) is 0 Å². The second kappa shape index (κ2) is 6.16. The van der Waals surface area contributed by atoms with E-state index in [9.17, 15) is 0 Å². The van der Waals surface area contributed by atoms with E-state index in [4.69, 9.17) is 0 Å². The third-order valence-corrected chi connectivity index (χ3v) is 2.48. The van der Waals surface area contributed by atoms with Gasteiger partial charge < -0.3 is 4.90 Å². The molecule has 0 aromatic rings. The minimum atomic E-state index is 1.00. The molecule has 0 aliphatic rings. The largest absolute Gasteiger partial charge is 0.349 e. The summed E-state index contributed by atoms with van der Waals surface area (Å²) in [4.78, 5) is 2.06. The van der Waals surface area contributed by atoms with Gasteiger partial charge >= 0.3 is 0 Å². The van der Waals surface area contributed by atoms with E-state index in [2.05, 4.69) is 37.6 Å². The van der Waals surface area contributed by atoms with Crippen molar-refractivity contribution in [2.75, 3.05) is 7.05 Å². The van der Waals surface area contributed by atoms with Gasteiger partial charge in [-0.3, -0.25) is 0 Å². The van der Waals surface area contributed by atoms with E-state index >= 15 is 0 Å². The second-order valence-corrected chi connectivity index (χ2v) is 4.26. The highest BCUT2D eigenvalue weighted by Crippen LogP contribution is 2.19. The fourth-order valence-corrected chi connectivity index (χ4v) is 1.13. The number of hydrogen-bond donors (Lipinski definition) is 0. The molecule has 88 valence electrons. The first-order valence-electron chi connectivity index (χ1n) is 5.37. The van der Waals surface area contributed by atoms with Crippen LogP contribution in [0.5, 0.6) is 0 Å². The van der Waals surface area contributed by atoms with Crippen LogP contribution < -0.4 is 0 Å². The molecule has 0 saturated heterocycles. The summed E-state index contributed by atoms with van der Waals surface area (Å²) < 4.78 is 0. The van der Waals surface area contributed by atoms with Crippen LogP contribution in [0.4, 0.5) is 0 Å². The van der Waals surface area contributed by atoms with E-state index < -0.39 is 0 Å². The lowest BCUT2D eigenvalue weighted by Gasteiger charge is -2.23.